The molecule has 1 heterocycles. The minimum absolute atomic E-state index is 0.0479. The quantitative estimate of drug-likeness (QED) is 0.234. The second-order valence-electron chi connectivity index (χ2n) is 11.0. The van der Waals surface area contributed by atoms with Crippen LogP contribution in [0.5, 0.6) is 0 Å². The number of carbonyl (C=O) groups excluding carboxylic acids is 1. The summed E-state index contributed by atoms with van der Waals surface area (Å²) in [5, 5.41) is 71.8. The van der Waals surface area contributed by atoms with E-state index in [9.17, 15) is 45.3 Å². The fraction of sp³-hybridized carbons (Fsp3) is 0.625. The van der Waals surface area contributed by atoms with Gasteiger partial charge in [0.15, 0.2) is 0 Å². The highest BCUT2D eigenvalue weighted by atomic mass is 16.5. The van der Waals surface area contributed by atoms with Crippen molar-refractivity contribution >= 4 is 11.9 Å². The van der Waals surface area contributed by atoms with Crippen LogP contribution in [0.15, 0.2) is 60.8 Å². The van der Waals surface area contributed by atoms with Crippen molar-refractivity contribution in [2.24, 2.45) is 17.8 Å². The number of hydrogen-bond donors (Lipinski definition) is 7. The lowest BCUT2D eigenvalue weighted by molar-refractivity contribution is -0.160. The zero-order chi connectivity index (χ0) is 31.7. The van der Waals surface area contributed by atoms with E-state index in [2.05, 4.69) is 0 Å². The number of carboxylic acids is 1. The van der Waals surface area contributed by atoms with Crippen LogP contribution in [0.3, 0.4) is 0 Å². The molecule has 1 rings (SSSR count). The molecule has 10 nitrogen and oxygen atoms in total. The summed E-state index contributed by atoms with van der Waals surface area (Å²) in [7, 11) is 0. The molecule has 10 heteroatoms. The Labute approximate surface area is 249 Å². The standard InChI is InChI=1S/C32H50O10/c1-4-29-21(2)14-11-9-7-5-6-8-10-12-17-26(36)30(31(39)40)28(38)19-24(34)16-13-15-23(33)18-25(35)20-27(37)22(3)32(41)42-29/h5-12,14,17,21-30,33-38H,4,13,15-16,18-20H2,1-3H3,(H,39,40)/b6-5+,9-7+,10-8+,14-11+,17-12+/t21-,22+,23-,24+,25-,26+,27-,28+,29+,30-/m0/s1. The van der Waals surface area contributed by atoms with Crippen LogP contribution in [0.25, 0.3) is 0 Å². The van der Waals surface area contributed by atoms with Crippen molar-refractivity contribution < 1.29 is 50.1 Å². The first kappa shape index (κ1) is 37.4. The zero-order valence-corrected chi connectivity index (χ0v) is 24.9. The molecule has 0 amide bonds. The second kappa shape index (κ2) is 20.3. The minimum Gasteiger partial charge on any atom is -0.481 e. The predicted octanol–water partition coefficient (Wildman–Crippen LogP) is 2.58. The maximum atomic E-state index is 12.7. The molecule has 1 aliphatic rings. The van der Waals surface area contributed by atoms with Crippen molar-refractivity contribution in [2.75, 3.05) is 0 Å². The second-order valence-corrected chi connectivity index (χ2v) is 11.0. The number of allylic oxidation sites excluding steroid dienone is 8. The van der Waals surface area contributed by atoms with Gasteiger partial charge in [-0.05, 0) is 39.0 Å². The number of rotatable bonds is 2. The molecular weight excluding hydrogens is 544 g/mol. The molecule has 42 heavy (non-hydrogen) atoms. The van der Waals surface area contributed by atoms with Gasteiger partial charge in [-0.25, -0.2) is 0 Å². The van der Waals surface area contributed by atoms with Crippen LogP contribution < -0.4 is 0 Å². The topological polar surface area (TPSA) is 185 Å². The van der Waals surface area contributed by atoms with Crippen LogP contribution in [0.4, 0.5) is 0 Å². The zero-order valence-electron chi connectivity index (χ0n) is 24.9. The molecule has 0 aromatic heterocycles. The number of carbonyl (C=O) groups is 2. The average molecular weight is 595 g/mol. The molecule has 0 saturated heterocycles. The van der Waals surface area contributed by atoms with Crippen molar-refractivity contribution in [1.29, 1.82) is 0 Å². The molecule has 0 aliphatic carbocycles. The smallest absolute Gasteiger partial charge is 0.312 e. The summed E-state index contributed by atoms with van der Waals surface area (Å²) in [6.07, 6.45) is 9.99. The highest BCUT2D eigenvalue weighted by Crippen LogP contribution is 2.22. The van der Waals surface area contributed by atoms with Gasteiger partial charge in [-0.15, -0.1) is 0 Å². The first-order valence-electron chi connectivity index (χ1n) is 14.7. The van der Waals surface area contributed by atoms with Crippen LogP contribution in [-0.4, -0.2) is 90.4 Å². The predicted molar refractivity (Wildman–Crippen MR) is 159 cm³/mol. The van der Waals surface area contributed by atoms with Gasteiger partial charge in [0, 0.05) is 18.8 Å². The van der Waals surface area contributed by atoms with Crippen LogP contribution in [0.2, 0.25) is 0 Å². The molecule has 0 radical (unpaired) electrons. The van der Waals surface area contributed by atoms with Crippen LogP contribution in [0.1, 0.15) is 65.7 Å². The molecule has 0 unspecified atom stereocenters. The van der Waals surface area contributed by atoms with Crippen LogP contribution in [-0.2, 0) is 14.3 Å². The monoisotopic (exact) mass is 594 g/mol. The molecule has 7 N–H and O–H groups in total. The maximum Gasteiger partial charge on any atom is 0.312 e. The van der Waals surface area contributed by atoms with E-state index >= 15 is 0 Å². The average Bonchev–Trinajstić information content (AvgIpc) is 2.90. The highest BCUT2D eigenvalue weighted by molar-refractivity contribution is 5.73. The number of aliphatic hydroxyl groups is 6. The van der Waals surface area contributed by atoms with E-state index in [0.29, 0.717) is 12.8 Å². The lowest BCUT2D eigenvalue weighted by Gasteiger charge is -2.26. The fourth-order valence-corrected chi connectivity index (χ4v) is 4.70. The van der Waals surface area contributed by atoms with E-state index in [4.69, 9.17) is 4.74 Å². The van der Waals surface area contributed by atoms with Crippen molar-refractivity contribution in [3.8, 4) is 0 Å². The summed E-state index contributed by atoms with van der Waals surface area (Å²) in [6, 6.07) is 0. The Bertz CT molecular complexity index is 940. The Hall–Kier alpha value is -2.60. The van der Waals surface area contributed by atoms with E-state index in [1.54, 1.807) is 36.5 Å². The SMILES string of the molecule is CC[C@H]1OC(=O)[C@H](C)[C@@H](O)C[C@@H](O)C[C@@H](O)CCC[C@@H](O)C[C@@H](O)[C@@H](C(=O)O)[C@H](O)/C=C/C=C/C=C/C=C/C=C/[C@@H]1C. The van der Waals surface area contributed by atoms with Crippen LogP contribution >= 0.6 is 0 Å². The van der Waals surface area contributed by atoms with Gasteiger partial charge in [-0.3, -0.25) is 9.59 Å². The number of aliphatic carboxylic acids is 1. The van der Waals surface area contributed by atoms with Gasteiger partial charge in [0.2, 0.25) is 0 Å². The Balaban J connectivity index is 3.03. The molecule has 0 fully saturated rings. The minimum atomic E-state index is -1.54. The molecule has 0 aromatic rings. The fourth-order valence-electron chi connectivity index (χ4n) is 4.70. The Morgan fingerprint density at radius 1 is 0.762 bits per heavy atom. The number of carboxylic acid groups (broad SMARTS) is 1. The third kappa shape index (κ3) is 14.5. The molecule has 10 atom stereocenters. The summed E-state index contributed by atoms with van der Waals surface area (Å²) >= 11 is 0. The lowest BCUT2D eigenvalue weighted by atomic mass is 9.90. The highest BCUT2D eigenvalue weighted by Gasteiger charge is 2.33. The van der Waals surface area contributed by atoms with Gasteiger partial charge < -0.3 is 40.5 Å². The molecule has 0 spiro atoms. The van der Waals surface area contributed by atoms with Crippen molar-refractivity contribution in [3.63, 3.8) is 0 Å². The van der Waals surface area contributed by atoms with E-state index in [0.717, 1.165) is 0 Å². The van der Waals surface area contributed by atoms with Crippen molar-refractivity contribution in [3.05, 3.63) is 60.8 Å². The first-order valence-corrected chi connectivity index (χ1v) is 14.7. The summed E-state index contributed by atoms with van der Waals surface area (Å²) in [5.41, 5.74) is 0. The van der Waals surface area contributed by atoms with Gasteiger partial charge in [0.05, 0.1) is 42.5 Å². The number of esters is 1. The number of ether oxygens (including phenoxy) is 1. The van der Waals surface area contributed by atoms with Gasteiger partial charge >= 0.3 is 11.9 Å². The van der Waals surface area contributed by atoms with Crippen LogP contribution in [0, 0.1) is 17.8 Å². The summed E-state index contributed by atoms with van der Waals surface area (Å²) in [4.78, 5) is 24.4. The van der Waals surface area contributed by atoms with Gasteiger partial charge in [-0.2, -0.15) is 0 Å². The normalized spacial score (nSPS) is 39.5. The number of hydrogen-bond acceptors (Lipinski definition) is 9. The van der Waals surface area contributed by atoms with E-state index < -0.39 is 66.5 Å². The third-order valence-electron chi connectivity index (χ3n) is 7.42. The van der Waals surface area contributed by atoms with Crippen molar-refractivity contribution in [2.45, 2.75) is 108 Å². The van der Waals surface area contributed by atoms with E-state index in [1.807, 2.05) is 26.0 Å². The molecule has 1 aliphatic heterocycles. The largest absolute Gasteiger partial charge is 0.481 e. The molecular formula is C32H50O10. The van der Waals surface area contributed by atoms with E-state index in [1.165, 1.54) is 19.1 Å². The van der Waals surface area contributed by atoms with E-state index in [-0.39, 0.29) is 38.0 Å². The third-order valence-corrected chi connectivity index (χ3v) is 7.42. The van der Waals surface area contributed by atoms with Gasteiger partial charge in [-0.1, -0.05) is 74.6 Å². The Morgan fingerprint density at radius 2 is 1.26 bits per heavy atom. The Kier molecular flexibility index (Phi) is 18.1. The first-order chi connectivity index (χ1) is 19.9. The summed E-state index contributed by atoms with van der Waals surface area (Å²) in [6.45, 7) is 5.35. The Morgan fingerprint density at radius 3 is 1.81 bits per heavy atom. The summed E-state index contributed by atoms with van der Waals surface area (Å²) in [5.74, 6) is -4.47. The maximum absolute atomic E-state index is 12.7. The molecule has 238 valence electrons. The molecule has 0 bridgehead atoms. The number of aliphatic hydroxyl groups excluding tert-OH is 6. The molecule has 0 saturated carbocycles. The number of cyclic esters (lactones) is 1. The molecule has 0 aromatic carbocycles. The van der Waals surface area contributed by atoms with Crippen molar-refractivity contribution in [1.82, 2.24) is 0 Å². The lowest BCUT2D eigenvalue weighted by Crippen LogP contribution is -2.39. The van der Waals surface area contributed by atoms with Gasteiger partial charge in [0.25, 0.3) is 0 Å². The summed E-state index contributed by atoms with van der Waals surface area (Å²) < 4.78 is 5.65. The van der Waals surface area contributed by atoms with Gasteiger partial charge in [0.1, 0.15) is 12.0 Å².